The first-order valence-electron chi connectivity index (χ1n) is 14.1. The molecule has 2 aliphatic rings. The zero-order valence-electron chi connectivity index (χ0n) is 25.4. The number of hydrogen-bond acceptors (Lipinski definition) is 15. The molecule has 19 nitrogen and oxygen atoms in total. The molecule has 0 aromatic carbocycles. The minimum absolute atomic E-state index is 0.0303. The molecule has 4 unspecified atom stereocenters. The van der Waals surface area contributed by atoms with Crippen molar-refractivity contribution in [2.75, 3.05) is 24.8 Å². The largest absolute Gasteiger partial charge is 0.490 e. The summed E-state index contributed by atoms with van der Waals surface area (Å²) in [4.78, 5) is 65.1. The molecule has 47 heavy (non-hydrogen) atoms. The molecule has 1 aromatic heterocycles. The number of nitrogens with two attached hydrogens (primary N) is 1. The van der Waals surface area contributed by atoms with Crippen LogP contribution in [0, 0.1) is 0 Å². The maximum atomic E-state index is 12.4. The molecule has 1 saturated heterocycles. The zero-order valence-corrected chi connectivity index (χ0v) is 29.7. The molecule has 1 fully saturated rings. The molecule has 1 amide bonds. The number of nitrogen functional groups attached to an aromatic ring is 1. The summed E-state index contributed by atoms with van der Waals surface area (Å²) in [7, 11) is -14.0. The van der Waals surface area contributed by atoms with Gasteiger partial charge in [0.05, 0.1) is 12.7 Å². The summed E-state index contributed by atoms with van der Waals surface area (Å²) in [6, 6.07) is 1.35. The van der Waals surface area contributed by atoms with Gasteiger partial charge in [-0.25, -0.2) is 23.3 Å². The van der Waals surface area contributed by atoms with E-state index in [-0.39, 0.29) is 24.3 Å². The van der Waals surface area contributed by atoms with Gasteiger partial charge in [-0.2, -0.15) is 13.6 Å². The molecule has 268 valence electrons. The molecule has 0 radical (unpaired) electrons. The number of nitrogens with one attached hydrogen (secondary N) is 1. The number of amides is 1. The highest BCUT2D eigenvalue weighted by Crippen LogP contribution is 2.66. The third kappa shape index (κ3) is 15.0. The molecule has 2 heterocycles. The highest BCUT2D eigenvalue weighted by molar-refractivity contribution is 8.77. The second-order valence-corrected chi connectivity index (χ2v) is 18.3. The van der Waals surface area contributed by atoms with Gasteiger partial charge in [0.15, 0.2) is 0 Å². The third-order valence-corrected chi connectivity index (χ3v) is 13.2. The topological polar surface area (TPSA) is 278 Å². The second kappa shape index (κ2) is 17.6. The van der Waals surface area contributed by atoms with E-state index in [0.717, 1.165) is 36.7 Å². The van der Waals surface area contributed by atoms with Gasteiger partial charge < -0.3 is 44.8 Å². The first-order valence-corrected chi connectivity index (χ1v) is 21.0. The fourth-order valence-electron chi connectivity index (χ4n) is 4.36. The smallest absolute Gasteiger partial charge is 0.446 e. The van der Waals surface area contributed by atoms with Crippen LogP contribution in [0.5, 0.6) is 0 Å². The van der Waals surface area contributed by atoms with E-state index in [2.05, 4.69) is 31.1 Å². The van der Waals surface area contributed by atoms with E-state index in [1.165, 1.54) is 33.9 Å². The quantitative estimate of drug-likeness (QED) is 0.0461. The van der Waals surface area contributed by atoms with Crippen molar-refractivity contribution in [2.45, 2.75) is 81.7 Å². The number of ether oxygens (including phenoxy) is 3. The number of phosphoric ester groups is 1. The SMILES string of the molecule is CC(C)(CNC(=O)OC1CC/C=C/CCC1)SSCO[C@@H]1C[C@H](n2ccc(N)nc2=O)OC1COP(=O)(O)OP(=O)(O)OP(=O)(O)O. The Morgan fingerprint density at radius 3 is 2.57 bits per heavy atom. The third-order valence-electron chi connectivity index (χ3n) is 6.43. The van der Waals surface area contributed by atoms with E-state index in [9.17, 15) is 33.1 Å². The average molecular weight is 769 g/mol. The predicted octanol–water partition coefficient (Wildman–Crippen LogP) is 3.57. The van der Waals surface area contributed by atoms with Crippen molar-refractivity contribution in [1.82, 2.24) is 14.9 Å². The Labute approximate surface area is 278 Å². The van der Waals surface area contributed by atoms with E-state index < -0.39 is 65.0 Å². The van der Waals surface area contributed by atoms with Crippen molar-refractivity contribution < 1.29 is 65.4 Å². The van der Waals surface area contributed by atoms with Crippen LogP contribution in [0.1, 0.15) is 58.6 Å². The number of nitrogens with zero attached hydrogens (tertiary/aromatic N) is 2. The van der Waals surface area contributed by atoms with E-state index in [1.54, 1.807) is 0 Å². The molecule has 0 spiro atoms. The van der Waals surface area contributed by atoms with Gasteiger partial charge in [0.2, 0.25) is 0 Å². The van der Waals surface area contributed by atoms with E-state index in [4.69, 9.17) is 34.3 Å². The van der Waals surface area contributed by atoms with Crippen molar-refractivity contribution in [2.24, 2.45) is 0 Å². The molecule has 6 atom stereocenters. The van der Waals surface area contributed by atoms with Crippen LogP contribution in [0.25, 0.3) is 0 Å². The van der Waals surface area contributed by atoms with E-state index in [1.807, 2.05) is 13.8 Å². The van der Waals surface area contributed by atoms with Gasteiger partial charge in [0.25, 0.3) is 0 Å². The number of phosphoric acid groups is 3. The van der Waals surface area contributed by atoms with Crippen LogP contribution in [0.15, 0.2) is 29.2 Å². The number of carbonyl (C=O) groups excluding carboxylic acids is 1. The maximum Gasteiger partial charge on any atom is 0.490 e. The Kier molecular flexibility index (Phi) is 15.0. The monoisotopic (exact) mass is 768 g/mol. The molecule has 0 bridgehead atoms. The molecular formula is C23H39N4O15P3S2. The molecule has 0 saturated carbocycles. The van der Waals surface area contributed by atoms with Crippen LogP contribution in [0.2, 0.25) is 0 Å². The first kappa shape index (κ1) is 40.2. The summed E-state index contributed by atoms with van der Waals surface area (Å²) in [5, 5.41) is 2.80. The highest BCUT2D eigenvalue weighted by Gasteiger charge is 2.43. The van der Waals surface area contributed by atoms with Crippen LogP contribution < -0.4 is 16.7 Å². The number of carbonyl (C=O) groups is 1. The Hall–Kier alpha value is -1.28. The fourth-order valence-corrected chi connectivity index (χ4v) is 9.57. The average Bonchev–Trinajstić information content (AvgIpc) is 3.31. The van der Waals surface area contributed by atoms with Crippen LogP contribution in [0.3, 0.4) is 0 Å². The Balaban J connectivity index is 1.54. The number of alkyl carbamates (subject to hydrolysis) is 1. The van der Waals surface area contributed by atoms with Crippen LogP contribution in [-0.2, 0) is 41.1 Å². The van der Waals surface area contributed by atoms with Gasteiger partial charge in [0, 0.05) is 23.9 Å². The number of allylic oxidation sites excluding steroid dienone is 2. The lowest BCUT2D eigenvalue weighted by Crippen LogP contribution is -2.38. The summed E-state index contributed by atoms with van der Waals surface area (Å²) >= 11 is 0. The molecule has 1 aliphatic heterocycles. The highest BCUT2D eigenvalue weighted by atomic mass is 33.1. The second-order valence-electron chi connectivity index (χ2n) is 10.9. The van der Waals surface area contributed by atoms with Crippen molar-refractivity contribution in [1.29, 1.82) is 0 Å². The van der Waals surface area contributed by atoms with Crippen molar-refractivity contribution in [3.05, 3.63) is 34.9 Å². The predicted molar refractivity (Wildman–Crippen MR) is 171 cm³/mol. The summed E-state index contributed by atoms with van der Waals surface area (Å²) in [6.45, 7) is 3.33. The number of hydrogen-bond donors (Lipinski definition) is 6. The van der Waals surface area contributed by atoms with E-state index >= 15 is 0 Å². The molecule has 3 rings (SSSR count). The lowest BCUT2D eigenvalue weighted by atomic mass is 10.0. The Morgan fingerprint density at radius 1 is 1.15 bits per heavy atom. The van der Waals surface area contributed by atoms with Gasteiger partial charge >= 0.3 is 35.3 Å². The molecule has 7 N–H and O–H groups in total. The number of aromatic nitrogens is 2. The van der Waals surface area contributed by atoms with Crippen molar-refractivity contribution >= 4 is 57.0 Å². The van der Waals surface area contributed by atoms with Crippen molar-refractivity contribution in [3.8, 4) is 0 Å². The Morgan fingerprint density at radius 2 is 1.87 bits per heavy atom. The normalized spacial score (nSPS) is 25.6. The van der Waals surface area contributed by atoms with Gasteiger partial charge in [-0.05, 0) is 52.0 Å². The molecule has 24 heteroatoms. The first-order chi connectivity index (χ1) is 21.8. The standard InChI is InChI=1S/C23H39N4O15P3S2/c1-23(2,14-25-22(29)39-16-8-6-4-3-5-7-9-16)47-46-15-37-17-12-20(27-11-10-19(24)26-21(27)28)40-18(17)13-38-44(33,34)42-45(35,36)41-43(30,31)32/h3-4,10-11,16-18,20H,5-9,12-15H2,1-2H3,(H,25,29)(H,33,34)(H,35,36)(H2,24,26,28)(H2,30,31,32)/b4-3+/t16?,17-,18?,20-/m1/s1. The van der Waals surface area contributed by atoms with Gasteiger partial charge in [0.1, 0.15) is 30.2 Å². The van der Waals surface area contributed by atoms with Gasteiger partial charge in [-0.3, -0.25) is 9.09 Å². The minimum Gasteiger partial charge on any atom is -0.446 e. The lowest BCUT2D eigenvalue weighted by molar-refractivity contribution is -0.0543. The van der Waals surface area contributed by atoms with Gasteiger partial charge in [-0.1, -0.05) is 33.7 Å². The maximum absolute atomic E-state index is 12.4. The molecule has 1 aromatic rings. The van der Waals surface area contributed by atoms with Crippen LogP contribution >= 0.6 is 45.1 Å². The summed E-state index contributed by atoms with van der Waals surface area (Å²) in [6.07, 6.45) is 6.33. The molecule has 1 aliphatic carbocycles. The Bertz CT molecular complexity index is 1440. The van der Waals surface area contributed by atoms with Crippen molar-refractivity contribution in [3.63, 3.8) is 0 Å². The number of rotatable bonds is 16. The fraction of sp³-hybridized carbons (Fsp3) is 0.696. The number of anilines is 1. The van der Waals surface area contributed by atoms with Crippen LogP contribution in [-0.4, -0.2) is 77.4 Å². The lowest BCUT2D eigenvalue weighted by Gasteiger charge is -2.25. The van der Waals surface area contributed by atoms with Gasteiger partial charge in [-0.15, -0.1) is 0 Å². The minimum atomic E-state index is -5.73. The summed E-state index contributed by atoms with van der Waals surface area (Å²) in [5.74, 6) is 0.0209. The van der Waals surface area contributed by atoms with Crippen LogP contribution in [0.4, 0.5) is 10.6 Å². The summed E-state index contributed by atoms with van der Waals surface area (Å²) < 4.78 is 65.0. The van der Waals surface area contributed by atoms with E-state index in [0.29, 0.717) is 6.54 Å². The molecular weight excluding hydrogens is 729 g/mol. The summed E-state index contributed by atoms with van der Waals surface area (Å²) in [5.41, 5.74) is 4.81. The zero-order chi connectivity index (χ0) is 34.9.